The fourth-order valence-electron chi connectivity index (χ4n) is 3.01. The van der Waals surface area contributed by atoms with E-state index in [2.05, 4.69) is 31.5 Å². The SMILES string of the molecule is Cc1cc(NC(=O)c2ccc(NC3CCCCC3)cn2)ccc1Br. The summed E-state index contributed by atoms with van der Waals surface area (Å²) in [6.45, 7) is 1.99. The molecule has 126 valence electrons. The van der Waals surface area contributed by atoms with Crippen molar-refractivity contribution in [2.45, 2.75) is 45.1 Å². The predicted molar refractivity (Wildman–Crippen MR) is 102 cm³/mol. The number of rotatable bonds is 4. The number of hydrogen-bond donors (Lipinski definition) is 2. The summed E-state index contributed by atoms with van der Waals surface area (Å²) in [7, 11) is 0. The smallest absolute Gasteiger partial charge is 0.274 e. The highest BCUT2D eigenvalue weighted by Gasteiger charge is 2.14. The summed E-state index contributed by atoms with van der Waals surface area (Å²) < 4.78 is 1.02. The molecule has 1 saturated carbocycles. The molecule has 1 amide bonds. The van der Waals surface area contributed by atoms with Crippen molar-refractivity contribution in [3.05, 3.63) is 52.3 Å². The number of benzene rings is 1. The average molecular weight is 388 g/mol. The Kier molecular flexibility index (Phi) is 5.51. The monoisotopic (exact) mass is 387 g/mol. The highest BCUT2D eigenvalue weighted by Crippen LogP contribution is 2.22. The number of anilines is 2. The van der Waals surface area contributed by atoms with E-state index in [1.807, 2.05) is 31.2 Å². The van der Waals surface area contributed by atoms with Crippen LogP contribution in [0.1, 0.15) is 48.2 Å². The Morgan fingerprint density at radius 1 is 1.12 bits per heavy atom. The van der Waals surface area contributed by atoms with Gasteiger partial charge in [-0.3, -0.25) is 4.79 Å². The fourth-order valence-corrected chi connectivity index (χ4v) is 3.26. The number of nitrogens with one attached hydrogen (secondary N) is 2. The molecular formula is C19H22BrN3O. The van der Waals surface area contributed by atoms with E-state index in [1.165, 1.54) is 32.1 Å². The van der Waals surface area contributed by atoms with Crippen LogP contribution in [0.5, 0.6) is 0 Å². The van der Waals surface area contributed by atoms with Crippen LogP contribution in [0.4, 0.5) is 11.4 Å². The van der Waals surface area contributed by atoms with Crippen LogP contribution < -0.4 is 10.6 Å². The van der Waals surface area contributed by atoms with E-state index < -0.39 is 0 Å². The molecule has 1 aromatic heterocycles. The molecule has 0 unspecified atom stereocenters. The molecule has 0 radical (unpaired) electrons. The second-order valence-electron chi connectivity index (χ2n) is 6.33. The molecule has 1 aliphatic carbocycles. The van der Waals surface area contributed by atoms with Gasteiger partial charge in [-0.2, -0.15) is 0 Å². The lowest BCUT2D eigenvalue weighted by atomic mass is 9.95. The van der Waals surface area contributed by atoms with E-state index in [9.17, 15) is 4.79 Å². The number of hydrogen-bond acceptors (Lipinski definition) is 3. The molecule has 2 N–H and O–H groups in total. The number of aryl methyl sites for hydroxylation is 1. The van der Waals surface area contributed by atoms with Crippen molar-refractivity contribution in [1.29, 1.82) is 0 Å². The van der Waals surface area contributed by atoms with Gasteiger partial charge in [-0.25, -0.2) is 4.98 Å². The van der Waals surface area contributed by atoms with E-state index in [1.54, 1.807) is 12.3 Å². The number of carbonyl (C=O) groups is 1. The first-order valence-electron chi connectivity index (χ1n) is 8.42. The van der Waals surface area contributed by atoms with Crippen molar-refractivity contribution in [1.82, 2.24) is 4.98 Å². The maximum atomic E-state index is 12.3. The van der Waals surface area contributed by atoms with Crippen molar-refractivity contribution in [3.63, 3.8) is 0 Å². The average Bonchev–Trinajstić information content (AvgIpc) is 2.60. The zero-order valence-electron chi connectivity index (χ0n) is 13.8. The minimum absolute atomic E-state index is 0.194. The number of halogens is 1. The molecule has 1 heterocycles. The largest absolute Gasteiger partial charge is 0.381 e. The van der Waals surface area contributed by atoms with Gasteiger partial charge in [0, 0.05) is 16.2 Å². The molecule has 0 spiro atoms. The summed E-state index contributed by atoms with van der Waals surface area (Å²) in [6, 6.07) is 9.96. The van der Waals surface area contributed by atoms with E-state index in [0.717, 1.165) is 21.4 Å². The van der Waals surface area contributed by atoms with Crippen LogP contribution >= 0.6 is 15.9 Å². The Hall–Kier alpha value is -1.88. The summed E-state index contributed by atoms with van der Waals surface area (Å²) in [6.07, 6.45) is 8.09. The Bertz CT molecular complexity index is 709. The zero-order valence-corrected chi connectivity index (χ0v) is 15.4. The summed E-state index contributed by atoms with van der Waals surface area (Å²) in [5, 5.41) is 6.40. The number of nitrogens with zero attached hydrogens (tertiary/aromatic N) is 1. The quantitative estimate of drug-likeness (QED) is 0.762. The second kappa shape index (κ2) is 7.79. The van der Waals surface area contributed by atoms with Gasteiger partial charge in [0.25, 0.3) is 5.91 Å². The van der Waals surface area contributed by atoms with Gasteiger partial charge in [-0.15, -0.1) is 0 Å². The first-order chi connectivity index (χ1) is 11.6. The third-order valence-electron chi connectivity index (χ3n) is 4.39. The zero-order chi connectivity index (χ0) is 16.9. The summed E-state index contributed by atoms with van der Waals surface area (Å²) in [5.74, 6) is -0.194. The molecule has 2 aromatic rings. The van der Waals surface area contributed by atoms with E-state index in [4.69, 9.17) is 0 Å². The Balaban J connectivity index is 1.61. The van der Waals surface area contributed by atoms with Gasteiger partial charge in [0.1, 0.15) is 5.69 Å². The highest BCUT2D eigenvalue weighted by molar-refractivity contribution is 9.10. The maximum Gasteiger partial charge on any atom is 0.274 e. The number of amides is 1. The highest BCUT2D eigenvalue weighted by atomic mass is 79.9. The predicted octanol–water partition coefficient (Wildman–Crippen LogP) is 5.15. The third kappa shape index (κ3) is 4.35. The number of pyridine rings is 1. The Morgan fingerprint density at radius 2 is 1.88 bits per heavy atom. The molecule has 24 heavy (non-hydrogen) atoms. The van der Waals surface area contributed by atoms with Gasteiger partial charge in [0.2, 0.25) is 0 Å². The topological polar surface area (TPSA) is 54.0 Å². The Labute approximate surface area is 151 Å². The molecule has 0 bridgehead atoms. The van der Waals surface area contributed by atoms with Gasteiger partial charge < -0.3 is 10.6 Å². The van der Waals surface area contributed by atoms with Crippen LogP contribution in [-0.4, -0.2) is 16.9 Å². The van der Waals surface area contributed by atoms with Gasteiger partial charge in [0.05, 0.1) is 11.9 Å². The summed E-state index contributed by atoms with van der Waals surface area (Å²) >= 11 is 3.46. The molecule has 0 atom stereocenters. The van der Waals surface area contributed by atoms with Crippen LogP contribution in [0, 0.1) is 6.92 Å². The number of carbonyl (C=O) groups excluding carboxylic acids is 1. The van der Waals surface area contributed by atoms with Crippen molar-refractivity contribution < 1.29 is 4.79 Å². The van der Waals surface area contributed by atoms with E-state index in [-0.39, 0.29) is 5.91 Å². The van der Waals surface area contributed by atoms with Crippen LogP contribution in [0.25, 0.3) is 0 Å². The van der Waals surface area contributed by atoms with Crippen LogP contribution in [0.3, 0.4) is 0 Å². The summed E-state index contributed by atoms with van der Waals surface area (Å²) in [5.41, 5.74) is 3.25. The van der Waals surface area contributed by atoms with E-state index >= 15 is 0 Å². The number of aromatic nitrogens is 1. The first kappa shape index (κ1) is 17.0. The Morgan fingerprint density at radius 3 is 2.54 bits per heavy atom. The van der Waals surface area contributed by atoms with Gasteiger partial charge in [-0.1, -0.05) is 35.2 Å². The first-order valence-corrected chi connectivity index (χ1v) is 9.21. The van der Waals surface area contributed by atoms with Crippen LogP contribution in [0.15, 0.2) is 41.0 Å². The lowest BCUT2D eigenvalue weighted by Crippen LogP contribution is -2.22. The molecule has 3 rings (SSSR count). The van der Waals surface area contributed by atoms with Gasteiger partial charge >= 0.3 is 0 Å². The normalized spacial score (nSPS) is 15.1. The summed E-state index contributed by atoms with van der Waals surface area (Å²) in [4.78, 5) is 16.6. The van der Waals surface area contributed by atoms with E-state index in [0.29, 0.717) is 11.7 Å². The van der Waals surface area contributed by atoms with Crippen molar-refractivity contribution in [2.75, 3.05) is 10.6 Å². The molecule has 1 aliphatic rings. The molecular weight excluding hydrogens is 366 g/mol. The maximum absolute atomic E-state index is 12.3. The van der Waals surface area contributed by atoms with Gasteiger partial charge in [-0.05, 0) is 55.7 Å². The lowest BCUT2D eigenvalue weighted by Gasteiger charge is -2.23. The van der Waals surface area contributed by atoms with Crippen molar-refractivity contribution >= 4 is 33.2 Å². The third-order valence-corrected chi connectivity index (χ3v) is 5.28. The van der Waals surface area contributed by atoms with Crippen molar-refractivity contribution in [2.24, 2.45) is 0 Å². The molecule has 1 fully saturated rings. The second-order valence-corrected chi connectivity index (χ2v) is 7.18. The molecule has 5 heteroatoms. The van der Waals surface area contributed by atoms with Crippen LogP contribution in [-0.2, 0) is 0 Å². The molecule has 1 aromatic carbocycles. The fraction of sp³-hybridized carbons (Fsp3) is 0.368. The lowest BCUT2D eigenvalue weighted by molar-refractivity contribution is 0.102. The molecule has 0 aliphatic heterocycles. The molecule has 4 nitrogen and oxygen atoms in total. The standard InChI is InChI=1S/C19H22BrN3O/c1-13-11-15(7-9-17(13)20)23-19(24)18-10-8-16(12-21-18)22-14-5-3-2-4-6-14/h7-12,14,22H,2-6H2,1H3,(H,23,24). The van der Waals surface area contributed by atoms with Gasteiger partial charge in [0.15, 0.2) is 0 Å². The minimum Gasteiger partial charge on any atom is -0.381 e. The van der Waals surface area contributed by atoms with Crippen molar-refractivity contribution in [3.8, 4) is 0 Å². The van der Waals surface area contributed by atoms with Crippen LogP contribution in [0.2, 0.25) is 0 Å². The minimum atomic E-state index is -0.194. The molecule has 0 saturated heterocycles.